The van der Waals surface area contributed by atoms with Crippen molar-refractivity contribution in [3.05, 3.63) is 23.8 Å². The summed E-state index contributed by atoms with van der Waals surface area (Å²) in [5, 5.41) is 3.29. The standard InChI is InChI=1S/C13H16N2O2/c14-9-1-2-10-11(16)8-13(17-12(10)7-9)3-5-15-6-4-13/h1-2,7,15H,3-6,8,14H2. The van der Waals surface area contributed by atoms with Gasteiger partial charge in [0, 0.05) is 24.6 Å². The molecule has 2 aliphatic rings. The number of hydrogen-bond acceptors (Lipinski definition) is 4. The molecule has 1 fully saturated rings. The van der Waals surface area contributed by atoms with Gasteiger partial charge in [-0.1, -0.05) is 0 Å². The summed E-state index contributed by atoms with van der Waals surface area (Å²) in [6.07, 6.45) is 2.26. The number of ketones is 1. The molecule has 0 amide bonds. The molecule has 3 rings (SSSR count). The number of fused-ring (bicyclic) bond motifs is 1. The third kappa shape index (κ3) is 1.78. The molecule has 3 N–H and O–H groups in total. The number of anilines is 1. The topological polar surface area (TPSA) is 64.3 Å². The lowest BCUT2D eigenvalue weighted by atomic mass is 9.83. The Morgan fingerprint density at radius 3 is 2.82 bits per heavy atom. The second-order valence-corrected chi connectivity index (χ2v) is 4.89. The maximum absolute atomic E-state index is 12.1. The van der Waals surface area contributed by atoms with Crippen molar-refractivity contribution >= 4 is 11.5 Å². The number of nitrogens with one attached hydrogen (secondary N) is 1. The molecule has 17 heavy (non-hydrogen) atoms. The highest BCUT2D eigenvalue weighted by Crippen LogP contribution is 2.38. The molecule has 0 aliphatic carbocycles. The molecule has 2 aliphatic heterocycles. The summed E-state index contributed by atoms with van der Waals surface area (Å²) in [5.41, 5.74) is 6.75. The normalized spacial score (nSPS) is 22.0. The van der Waals surface area contributed by atoms with Gasteiger partial charge in [0.1, 0.15) is 11.4 Å². The third-order valence-electron chi connectivity index (χ3n) is 3.63. The van der Waals surface area contributed by atoms with Gasteiger partial charge in [0.2, 0.25) is 0 Å². The van der Waals surface area contributed by atoms with E-state index >= 15 is 0 Å². The molecule has 1 aromatic rings. The summed E-state index contributed by atoms with van der Waals surface area (Å²) >= 11 is 0. The van der Waals surface area contributed by atoms with E-state index in [4.69, 9.17) is 10.5 Å². The van der Waals surface area contributed by atoms with Crippen molar-refractivity contribution in [3.8, 4) is 5.75 Å². The van der Waals surface area contributed by atoms with Gasteiger partial charge in [-0.2, -0.15) is 0 Å². The van der Waals surface area contributed by atoms with Gasteiger partial charge in [-0.3, -0.25) is 4.79 Å². The van der Waals surface area contributed by atoms with Gasteiger partial charge < -0.3 is 15.8 Å². The summed E-state index contributed by atoms with van der Waals surface area (Å²) in [4.78, 5) is 12.1. The lowest BCUT2D eigenvalue weighted by molar-refractivity contribution is 0.0188. The minimum absolute atomic E-state index is 0.174. The van der Waals surface area contributed by atoms with Crippen LogP contribution in [0.15, 0.2) is 18.2 Å². The zero-order chi connectivity index (χ0) is 11.9. The number of piperidine rings is 1. The smallest absolute Gasteiger partial charge is 0.170 e. The van der Waals surface area contributed by atoms with Crippen LogP contribution >= 0.6 is 0 Å². The molecular weight excluding hydrogens is 216 g/mol. The van der Waals surface area contributed by atoms with E-state index in [0.29, 0.717) is 23.4 Å². The largest absolute Gasteiger partial charge is 0.486 e. The van der Waals surface area contributed by atoms with Gasteiger partial charge in [-0.15, -0.1) is 0 Å². The Morgan fingerprint density at radius 2 is 2.06 bits per heavy atom. The second-order valence-electron chi connectivity index (χ2n) is 4.89. The highest BCUT2D eigenvalue weighted by molar-refractivity contribution is 6.00. The lowest BCUT2D eigenvalue weighted by Gasteiger charge is -2.40. The van der Waals surface area contributed by atoms with E-state index in [0.717, 1.165) is 25.9 Å². The van der Waals surface area contributed by atoms with Crippen LogP contribution in [0.2, 0.25) is 0 Å². The Labute approximate surface area is 100 Å². The minimum Gasteiger partial charge on any atom is -0.486 e. The fourth-order valence-corrected chi connectivity index (χ4v) is 2.67. The van der Waals surface area contributed by atoms with Gasteiger partial charge in [-0.05, 0) is 25.2 Å². The number of carbonyl (C=O) groups excluding carboxylic acids is 1. The van der Waals surface area contributed by atoms with Crippen molar-refractivity contribution in [3.63, 3.8) is 0 Å². The van der Waals surface area contributed by atoms with Crippen molar-refractivity contribution in [2.75, 3.05) is 18.8 Å². The predicted molar refractivity (Wildman–Crippen MR) is 65.3 cm³/mol. The van der Waals surface area contributed by atoms with Crippen LogP contribution < -0.4 is 15.8 Å². The number of hydrogen-bond donors (Lipinski definition) is 2. The highest BCUT2D eigenvalue weighted by Gasteiger charge is 2.41. The lowest BCUT2D eigenvalue weighted by Crippen LogP contribution is -2.49. The summed E-state index contributed by atoms with van der Waals surface area (Å²) in [6, 6.07) is 5.28. The molecule has 1 aromatic carbocycles. The zero-order valence-electron chi connectivity index (χ0n) is 9.66. The van der Waals surface area contributed by atoms with E-state index in [-0.39, 0.29) is 11.4 Å². The van der Waals surface area contributed by atoms with Crippen molar-refractivity contribution in [1.29, 1.82) is 0 Å². The minimum atomic E-state index is -0.302. The van der Waals surface area contributed by atoms with Gasteiger partial charge >= 0.3 is 0 Å². The first kappa shape index (κ1) is 10.6. The number of benzene rings is 1. The average molecular weight is 232 g/mol. The second kappa shape index (κ2) is 3.74. The van der Waals surface area contributed by atoms with Crippen LogP contribution in [0.3, 0.4) is 0 Å². The molecule has 0 bridgehead atoms. The molecule has 1 spiro atoms. The SMILES string of the molecule is Nc1ccc2c(c1)OC1(CCNCC1)CC2=O. The Balaban J connectivity index is 1.98. The van der Waals surface area contributed by atoms with E-state index in [1.165, 1.54) is 0 Å². The molecule has 0 saturated carbocycles. The fourth-order valence-electron chi connectivity index (χ4n) is 2.67. The molecule has 0 radical (unpaired) electrons. The summed E-state index contributed by atoms with van der Waals surface area (Å²) in [5.74, 6) is 0.830. The molecule has 1 saturated heterocycles. The van der Waals surface area contributed by atoms with Crippen molar-refractivity contribution < 1.29 is 9.53 Å². The first-order valence-electron chi connectivity index (χ1n) is 6.01. The van der Waals surface area contributed by atoms with E-state index in [1.807, 2.05) is 0 Å². The molecule has 90 valence electrons. The number of ether oxygens (including phenoxy) is 1. The van der Waals surface area contributed by atoms with Crippen LogP contribution in [0, 0.1) is 0 Å². The van der Waals surface area contributed by atoms with E-state index in [9.17, 15) is 4.79 Å². The van der Waals surface area contributed by atoms with E-state index in [1.54, 1.807) is 18.2 Å². The maximum atomic E-state index is 12.1. The van der Waals surface area contributed by atoms with Crippen LogP contribution in [0.25, 0.3) is 0 Å². The van der Waals surface area contributed by atoms with Gasteiger partial charge in [0.25, 0.3) is 0 Å². The fraction of sp³-hybridized carbons (Fsp3) is 0.462. The van der Waals surface area contributed by atoms with E-state index in [2.05, 4.69) is 5.32 Å². The van der Waals surface area contributed by atoms with Crippen molar-refractivity contribution in [2.24, 2.45) is 0 Å². The molecular formula is C13H16N2O2. The van der Waals surface area contributed by atoms with Crippen LogP contribution in [0.4, 0.5) is 5.69 Å². The van der Waals surface area contributed by atoms with Gasteiger partial charge in [0.05, 0.1) is 12.0 Å². The molecule has 0 atom stereocenters. The number of nitrogens with two attached hydrogens (primary N) is 1. The molecule has 2 heterocycles. The Kier molecular flexibility index (Phi) is 2.33. The first-order valence-corrected chi connectivity index (χ1v) is 6.01. The highest BCUT2D eigenvalue weighted by atomic mass is 16.5. The average Bonchev–Trinajstić information content (AvgIpc) is 2.29. The van der Waals surface area contributed by atoms with Crippen LogP contribution in [0.1, 0.15) is 29.6 Å². The summed E-state index contributed by atoms with van der Waals surface area (Å²) in [7, 11) is 0. The Morgan fingerprint density at radius 1 is 1.29 bits per heavy atom. The summed E-state index contributed by atoms with van der Waals surface area (Å²) < 4.78 is 6.07. The van der Waals surface area contributed by atoms with Crippen molar-refractivity contribution in [1.82, 2.24) is 5.32 Å². The Bertz CT molecular complexity index is 464. The van der Waals surface area contributed by atoms with Gasteiger partial charge in [-0.25, -0.2) is 0 Å². The molecule has 0 unspecified atom stereocenters. The maximum Gasteiger partial charge on any atom is 0.170 e. The quantitative estimate of drug-likeness (QED) is 0.663. The summed E-state index contributed by atoms with van der Waals surface area (Å²) in [6.45, 7) is 1.82. The number of rotatable bonds is 0. The van der Waals surface area contributed by atoms with E-state index < -0.39 is 0 Å². The zero-order valence-corrected chi connectivity index (χ0v) is 9.66. The Hall–Kier alpha value is -1.55. The molecule has 4 nitrogen and oxygen atoms in total. The van der Waals surface area contributed by atoms with Crippen LogP contribution in [-0.4, -0.2) is 24.5 Å². The predicted octanol–water partition coefficient (Wildman–Crippen LogP) is 1.36. The monoisotopic (exact) mass is 232 g/mol. The first-order chi connectivity index (χ1) is 8.19. The number of Topliss-reactive ketones (excluding diaryl/α,β-unsaturated/α-hetero) is 1. The number of nitrogen functional groups attached to an aromatic ring is 1. The van der Waals surface area contributed by atoms with Gasteiger partial charge in [0.15, 0.2) is 5.78 Å². The van der Waals surface area contributed by atoms with Crippen LogP contribution in [-0.2, 0) is 0 Å². The third-order valence-corrected chi connectivity index (χ3v) is 3.63. The molecule has 0 aromatic heterocycles. The van der Waals surface area contributed by atoms with Crippen LogP contribution in [0.5, 0.6) is 5.75 Å². The van der Waals surface area contributed by atoms with Crippen molar-refractivity contribution in [2.45, 2.75) is 24.9 Å². The molecule has 4 heteroatoms. The number of carbonyl (C=O) groups is 1.